The van der Waals surface area contributed by atoms with Gasteiger partial charge in [-0.2, -0.15) is 0 Å². The fourth-order valence-corrected chi connectivity index (χ4v) is 2.98. The van der Waals surface area contributed by atoms with Crippen molar-refractivity contribution in [2.45, 2.75) is 53.1 Å². The van der Waals surface area contributed by atoms with E-state index in [0.29, 0.717) is 12.6 Å². The second-order valence-electron chi connectivity index (χ2n) is 3.97. The van der Waals surface area contributed by atoms with Gasteiger partial charge < -0.3 is 10.6 Å². The van der Waals surface area contributed by atoms with Crippen molar-refractivity contribution in [3.8, 4) is 0 Å². The lowest BCUT2D eigenvalue weighted by molar-refractivity contribution is 0.627. The molecule has 92 valence electrons. The Hall–Kier alpha value is -0.610. The first-order valence-corrected chi connectivity index (χ1v) is 6.94. The highest BCUT2D eigenvalue weighted by Gasteiger charge is 2.17. The Morgan fingerprint density at radius 1 is 1.38 bits per heavy atom. The van der Waals surface area contributed by atoms with Gasteiger partial charge in [-0.05, 0) is 26.7 Å². The number of hydrogen-bond donors (Lipinski definition) is 1. The zero-order valence-corrected chi connectivity index (χ0v) is 11.6. The molecule has 1 unspecified atom stereocenters. The Kier molecular flexibility index (Phi) is 5.22. The number of nitrogens with zero attached hydrogens (tertiary/aromatic N) is 2. The highest BCUT2D eigenvalue weighted by atomic mass is 32.1. The molecule has 16 heavy (non-hydrogen) atoms. The van der Waals surface area contributed by atoms with Crippen molar-refractivity contribution in [2.24, 2.45) is 5.73 Å². The van der Waals surface area contributed by atoms with Gasteiger partial charge in [-0.1, -0.05) is 13.8 Å². The third-order valence-corrected chi connectivity index (χ3v) is 4.15. The van der Waals surface area contributed by atoms with Gasteiger partial charge >= 0.3 is 0 Å². The molecule has 0 aliphatic rings. The monoisotopic (exact) mass is 241 g/mol. The van der Waals surface area contributed by atoms with Crippen molar-refractivity contribution in [2.75, 3.05) is 11.4 Å². The van der Waals surface area contributed by atoms with Gasteiger partial charge in [0.15, 0.2) is 5.13 Å². The topological polar surface area (TPSA) is 42.2 Å². The lowest BCUT2D eigenvalue weighted by atomic mass is 10.2. The van der Waals surface area contributed by atoms with Gasteiger partial charge in [0.1, 0.15) is 0 Å². The van der Waals surface area contributed by atoms with E-state index < -0.39 is 0 Å². The number of hydrogen-bond acceptors (Lipinski definition) is 4. The van der Waals surface area contributed by atoms with Crippen molar-refractivity contribution in [3.05, 3.63) is 10.6 Å². The van der Waals surface area contributed by atoms with Crippen molar-refractivity contribution >= 4 is 16.5 Å². The Morgan fingerprint density at radius 2 is 2.06 bits per heavy atom. The molecule has 1 atom stereocenters. The quantitative estimate of drug-likeness (QED) is 0.832. The summed E-state index contributed by atoms with van der Waals surface area (Å²) in [5.74, 6) is 0. The van der Waals surface area contributed by atoms with E-state index in [-0.39, 0.29) is 0 Å². The van der Waals surface area contributed by atoms with E-state index >= 15 is 0 Å². The van der Waals surface area contributed by atoms with Crippen LogP contribution in [0.15, 0.2) is 0 Å². The summed E-state index contributed by atoms with van der Waals surface area (Å²) in [5, 5.41) is 1.13. The van der Waals surface area contributed by atoms with E-state index in [1.54, 1.807) is 11.3 Å². The van der Waals surface area contributed by atoms with Gasteiger partial charge in [0.25, 0.3) is 0 Å². The molecule has 0 saturated heterocycles. The molecule has 1 aromatic heterocycles. The summed E-state index contributed by atoms with van der Waals surface area (Å²) in [7, 11) is 0. The normalized spacial score (nSPS) is 12.8. The molecule has 0 aliphatic carbocycles. The molecule has 4 heteroatoms. The van der Waals surface area contributed by atoms with Gasteiger partial charge in [-0.3, -0.25) is 0 Å². The second-order valence-corrected chi connectivity index (χ2v) is 5.03. The van der Waals surface area contributed by atoms with E-state index in [1.165, 1.54) is 10.6 Å². The van der Waals surface area contributed by atoms with E-state index in [4.69, 9.17) is 10.7 Å². The molecule has 0 radical (unpaired) electrons. The standard InChI is InChI=1S/C12H23N3S/c1-5-9(4)15(7-3)12-14-10(6-2)11(8-13)16-12/h9H,5-8,13H2,1-4H3. The highest BCUT2D eigenvalue weighted by Crippen LogP contribution is 2.28. The molecule has 0 saturated carbocycles. The van der Waals surface area contributed by atoms with Gasteiger partial charge in [0, 0.05) is 24.0 Å². The Balaban J connectivity index is 2.97. The van der Waals surface area contributed by atoms with Gasteiger partial charge in [-0.25, -0.2) is 4.98 Å². The minimum absolute atomic E-state index is 0.548. The van der Waals surface area contributed by atoms with Crippen molar-refractivity contribution in [1.82, 2.24) is 4.98 Å². The van der Waals surface area contributed by atoms with Crippen LogP contribution in [0, 0.1) is 0 Å². The predicted molar refractivity (Wildman–Crippen MR) is 72.2 cm³/mol. The second kappa shape index (κ2) is 6.21. The summed E-state index contributed by atoms with van der Waals surface area (Å²) in [6.45, 7) is 10.4. The van der Waals surface area contributed by atoms with Crippen LogP contribution < -0.4 is 10.6 Å². The first-order chi connectivity index (χ1) is 7.67. The van der Waals surface area contributed by atoms with Gasteiger partial charge in [-0.15, -0.1) is 11.3 Å². The molecule has 3 nitrogen and oxygen atoms in total. The van der Waals surface area contributed by atoms with Crippen LogP contribution in [0.5, 0.6) is 0 Å². The first kappa shape index (κ1) is 13.5. The molecule has 1 aromatic rings. The maximum atomic E-state index is 5.74. The number of rotatable bonds is 6. The number of nitrogens with two attached hydrogens (primary N) is 1. The maximum absolute atomic E-state index is 5.74. The predicted octanol–water partition coefficient (Wildman–Crippen LogP) is 2.79. The summed E-state index contributed by atoms with van der Waals surface area (Å²) in [5.41, 5.74) is 6.91. The molecule has 1 heterocycles. The molecule has 0 fully saturated rings. The molecule has 0 amide bonds. The summed E-state index contributed by atoms with van der Waals surface area (Å²) in [6, 6.07) is 0.548. The van der Waals surface area contributed by atoms with E-state index in [9.17, 15) is 0 Å². The third kappa shape index (κ3) is 2.74. The first-order valence-electron chi connectivity index (χ1n) is 6.13. The van der Waals surface area contributed by atoms with Crippen molar-refractivity contribution < 1.29 is 0 Å². The summed E-state index contributed by atoms with van der Waals surface area (Å²) in [4.78, 5) is 8.30. The molecule has 0 aliphatic heterocycles. The summed E-state index contributed by atoms with van der Waals surface area (Å²) >= 11 is 1.75. The van der Waals surface area contributed by atoms with E-state index in [1.807, 2.05) is 0 Å². The number of aromatic nitrogens is 1. The molecule has 0 aromatic carbocycles. The molecule has 0 spiro atoms. The van der Waals surface area contributed by atoms with Crippen LogP contribution in [0.1, 0.15) is 44.7 Å². The van der Waals surface area contributed by atoms with Crippen molar-refractivity contribution in [1.29, 1.82) is 0 Å². The minimum atomic E-state index is 0.548. The van der Waals surface area contributed by atoms with Crippen LogP contribution in [0.4, 0.5) is 5.13 Å². The highest BCUT2D eigenvalue weighted by molar-refractivity contribution is 7.15. The number of anilines is 1. The molecule has 0 bridgehead atoms. The molecule has 2 N–H and O–H groups in total. The van der Waals surface area contributed by atoms with Crippen LogP contribution in [-0.4, -0.2) is 17.6 Å². The van der Waals surface area contributed by atoms with E-state index in [0.717, 1.165) is 24.5 Å². The van der Waals surface area contributed by atoms with Crippen LogP contribution >= 0.6 is 11.3 Å². The average molecular weight is 241 g/mol. The van der Waals surface area contributed by atoms with Crippen molar-refractivity contribution in [3.63, 3.8) is 0 Å². The smallest absolute Gasteiger partial charge is 0.186 e. The fraction of sp³-hybridized carbons (Fsp3) is 0.750. The Labute approximate surface area is 103 Å². The largest absolute Gasteiger partial charge is 0.346 e. The summed E-state index contributed by atoms with van der Waals surface area (Å²) in [6.07, 6.45) is 2.12. The Bertz CT molecular complexity index is 301. The van der Waals surface area contributed by atoms with Gasteiger partial charge in [0.2, 0.25) is 0 Å². The lowest BCUT2D eigenvalue weighted by Gasteiger charge is -2.26. The summed E-state index contributed by atoms with van der Waals surface area (Å²) < 4.78 is 0. The maximum Gasteiger partial charge on any atom is 0.186 e. The van der Waals surface area contributed by atoms with Crippen LogP contribution in [0.3, 0.4) is 0 Å². The molecular formula is C12H23N3S. The SMILES string of the molecule is CCc1nc(N(CC)C(C)CC)sc1CN. The Morgan fingerprint density at radius 3 is 2.44 bits per heavy atom. The molecular weight excluding hydrogens is 218 g/mol. The number of aryl methyl sites for hydroxylation is 1. The fourth-order valence-electron chi connectivity index (χ4n) is 1.78. The number of thiazole rings is 1. The zero-order valence-electron chi connectivity index (χ0n) is 10.8. The van der Waals surface area contributed by atoms with Crippen LogP contribution in [0.25, 0.3) is 0 Å². The lowest BCUT2D eigenvalue weighted by Crippen LogP contribution is -2.32. The third-order valence-electron chi connectivity index (χ3n) is 3.00. The van der Waals surface area contributed by atoms with E-state index in [2.05, 4.69) is 32.6 Å². The molecule has 1 rings (SSSR count). The average Bonchev–Trinajstić information content (AvgIpc) is 2.72. The van der Waals surface area contributed by atoms with Gasteiger partial charge in [0.05, 0.1) is 5.69 Å². The van der Waals surface area contributed by atoms with Crippen LogP contribution in [0.2, 0.25) is 0 Å². The zero-order chi connectivity index (χ0) is 12.1. The minimum Gasteiger partial charge on any atom is -0.346 e. The van der Waals surface area contributed by atoms with Crippen LogP contribution in [-0.2, 0) is 13.0 Å².